The van der Waals surface area contributed by atoms with Crippen molar-refractivity contribution in [3.05, 3.63) is 0 Å². The molecule has 114 valence electrons. The summed E-state index contributed by atoms with van der Waals surface area (Å²) in [4.78, 5) is 24.8. The lowest BCUT2D eigenvalue weighted by Gasteiger charge is -2.34. The maximum absolute atomic E-state index is 12.2. The Balaban J connectivity index is 1.72. The van der Waals surface area contributed by atoms with Crippen LogP contribution in [0, 0.1) is 11.8 Å². The van der Waals surface area contributed by atoms with Crippen molar-refractivity contribution in [2.24, 2.45) is 11.8 Å². The number of carbonyl (C=O) groups is 2. The Morgan fingerprint density at radius 2 is 1.70 bits per heavy atom. The molecule has 2 rings (SSSR count). The van der Waals surface area contributed by atoms with Gasteiger partial charge in [-0.2, -0.15) is 0 Å². The van der Waals surface area contributed by atoms with E-state index >= 15 is 0 Å². The average Bonchev–Trinajstić information content (AvgIpc) is 2.48. The monoisotopic (exact) mass is 282 g/mol. The van der Waals surface area contributed by atoms with Gasteiger partial charge in [-0.25, -0.2) is 4.79 Å². The molecule has 0 aromatic carbocycles. The lowest BCUT2D eigenvalue weighted by Crippen LogP contribution is -2.49. The summed E-state index contributed by atoms with van der Waals surface area (Å²) < 4.78 is 0. The Bertz CT molecular complexity index is 343. The molecule has 1 saturated carbocycles. The highest BCUT2D eigenvalue weighted by Crippen LogP contribution is 2.26. The summed E-state index contributed by atoms with van der Waals surface area (Å²) in [5.41, 5.74) is 0. The van der Waals surface area contributed by atoms with E-state index in [1.165, 1.54) is 19.3 Å². The van der Waals surface area contributed by atoms with Crippen molar-refractivity contribution in [2.45, 2.75) is 57.9 Å². The zero-order chi connectivity index (χ0) is 14.5. The second-order valence-corrected chi connectivity index (χ2v) is 6.17. The van der Waals surface area contributed by atoms with Gasteiger partial charge in [0.25, 0.3) is 0 Å². The maximum Gasteiger partial charge on any atom is 0.317 e. The summed E-state index contributed by atoms with van der Waals surface area (Å²) in [6.45, 7) is 3.36. The van der Waals surface area contributed by atoms with Crippen molar-refractivity contribution < 1.29 is 14.7 Å². The fourth-order valence-electron chi connectivity index (χ4n) is 3.31. The van der Waals surface area contributed by atoms with Gasteiger partial charge in [-0.05, 0) is 44.4 Å². The number of piperidine rings is 1. The summed E-state index contributed by atoms with van der Waals surface area (Å²) >= 11 is 0. The molecule has 5 heteroatoms. The molecule has 2 aliphatic rings. The molecule has 1 heterocycles. The molecular weight excluding hydrogens is 256 g/mol. The Kier molecular flexibility index (Phi) is 5.26. The molecule has 2 amide bonds. The molecule has 0 radical (unpaired) electrons. The minimum Gasteiger partial charge on any atom is -0.481 e. The van der Waals surface area contributed by atoms with Crippen LogP contribution < -0.4 is 5.32 Å². The highest BCUT2D eigenvalue weighted by atomic mass is 16.4. The first kappa shape index (κ1) is 15.1. The van der Waals surface area contributed by atoms with Crippen LogP contribution in [0.15, 0.2) is 0 Å². The Morgan fingerprint density at radius 3 is 2.20 bits per heavy atom. The van der Waals surface area contributed by atoms with Gasteiger partial charge in [0.1, 0.15) is 0 Å². The number of nitrogens with zero attached hydrogens (tertiary/aromatic N) is 1. The molecule has 1 aliphatic carbocycles. The molecule has 0 aromatic heterocycles. The highest BCUT2D eigenvalue weighted by molar-refractivity contribution is 5.75. The van der Waals surface area contributed by atoms with Crippen molar-refractivity contribution in [1.82, 2.24) is 10.2 Å². The number of urea groups is 1. The van der Waals surface area contributed by atoms with E-state index in [4.69, 9.17) is 5.11 Å². The highest BCUT2D eigenvalue weighted by Gasteiger charge is 2.28. The Hall–Kier alpha value is -1.26. The van der Waals surface area contributed by atoms with Gasteiger partial charge < -0.3 is 15.3 Å². The smallest absolute Gasteiger partial charge is 0.317 e. The summed E-state index contributed by atoms with van der Waals surface area (Å²) in [6.07, 6.45) is 6.97. The molecule has 0 unspecified atom stereocenters. The van der Waals surface area contributed by atoms with E-state index in [1.807, 2.05) is 0 Å². The van der Waals surface area contributed by atoms with Crippen LogP contribution >= 0.6 is 0 Å². The van der Waals surface area contributed by atoms with E-state index in [-0.39, 0.29) is 11.9 Å². The molecule has 1 saturated heterocycles. The van der Waals surface area contributed by atoms with E-state index in [1.54, 1.807) is 4.90 Å². The van der Waals surface area contributed by atoms with Crippen molar-refractivity contribution >= 4 is 12.0 Å². The van der Waals surface area contributed by atoms with Gasteiger partial charge in [-0.1, -0.05) is 13.3 Å². The third-order valence-corrected chi connectivity index (χ3v) is 4.88. The van der Waals surface area contributed by atoms with Gasteiger partial charge in [0.2, 0.25) is 0 Å². The number of carbonyl (C=O) groups excluding carboxylic acids is 1. The fraction of sp³-hybridized carbons (Fsp3) is 0.867. The molecule has 0 bridgehead atoms. The summed E-state index contributed by atoms with van der Waals surface area (Å²) in [6, 6.07) is 0.302. The average molecular weight is 282 g/mol. The van der Waals surface area contributed by atoms with E-state index in [2.05, 4.69) is 12.2 Å². The van der Waals surface area contributed by atoms with Gasteiger partial charge >= 0.3 is 12.0 Å². The number of carboxylic acids is 1. The second kappa shape index (κ2) is 6.95. The molecule has 2 fully saturated rings. The lowest BCUT2D eigenvalue weighted by atomic mass is 9.84. The van der Waals surface area contributed by atoms with Crippen molar-refractivity contribution in [2.75, 3.05) is 13.1 Å². The molecular formula is C15H26N2O3. The van der Waals surface area contributed by atoms with Crippen LogP contribution in [0.1, 0.15) is 51.9 Å². The molecule has 0 spiro atoms. The predicted octanol–water partition coefficient (Wildman–Crippen LogP) is 2.46. The zero-order valence-corrected chi connectivity index (χ0v) is 12.3. The van der Waals surface area contributed by atoms with Crippen LogP contribution in [0.2, 0.25) is 0 Å². The van der Waals surface area contributed by atoms with Gasteiger partial charge in [0.15, 0.2) is 0 Å². The van der Waals surface area contributed by atoms with Gasteiger partial charge in [0, 0.05) is 19.1 Å². The predicted molar refractivity (Wildman–Crippen MR) is 76.5 cm³/mol. The standard InChI is InChI=1S/C15H26N2O3/c1-2-11-3-5-13(6-4-11)16-15(20)17-9-7-12(8-10-17)14(18)19/h11-13H,2-10H2,1H3,(H,16,20)(H,18,19). The van der Waals surface area contributed by atoms with Crippen LogP contribution in [-0.2, 0) is 4.79 Å². The maximum atomic E-state index is 12.2. The second-order valence-electron chi connectivity index (χ2n) is 6.17. The first-order valence-electron chi connectivity index (χ1n) is 7.88. The molecule has 0 atom stereocenters. The number of hydrogen-bond donors (Lipinski definition) is 2. The lowest BCUT2D eigenvalue weighted by molar-refractivity contribution is -0.143. The van der Waals surface area contributed by atoms with Crippen molar-refractivity contribution in [3.63, 3.8) is 0 Å². The molecule has 1 aliphatic heterocycles. The number of hydrogen-bond acceptors (Lipinski definition) is 2. The number of carboxylic acid groups (broad SMARTS) is 1. The SMILES string of the molecule is CCC1CCC(NC(=O)N2CCC(C(=O)O)CC2)CC1. The summed E-state index contributed by atoms with van der Waals surface area (Å²) in [7, 11) is 0. The number of rotatable bonds is 3. The van der Waals surface area contributed by atoms with E-state index in [0.29, 0.717) is 32.0 Å². The Labute approximate surface area is 120 Å². The van der Waals surface area contributed by atoms with Crippen LogP contribution in [0.25, 0.3) is 0 Å². The topological polar surface area (TPSA) is 69.6 Å². The quantitative estimate of drug-likeness (QED) is 0.835. The first-order chi connectivity index (χ1) is 9.60. The van der Waals surface area contributed by atoms with Crippen LogP contribution in [-0.4, -0.2) is 41.1 Å². The van der Waals surface area contributed by atoms with Gasteiger partial charge in [-0.3, -0.25) is 4.79 Å². The van der Waals surface area contributed by atoms with Gasteiger partial charge in [0.05, 0.1) is 5.92 Å². The largest absolute Gasteiger partial charge is 0.481 e. The van der Waals surface area contributed by atoms with Crippen LogP contribution in [0.5, 0.6) is 0 Å². The van der Waals surface area contributed by atoms with E-state index < -0.39 is 5.97 Å². The minimum atomic E-state index is -0.733. The number of likely N-dealkylation sites (tertiary alicyclic amines) is 1. The number of aliphatic carboxylic acids is 1. The first-order valence-corrected chi connectivity index (χ1v) is 7.88. The fourth-order valence-corrected chi connectivity index (χ4v) is 3.31. The van der Waals surface area contributed by atoms with Crippen LogP contribution in [0.4, 0.5) is 4.79 Å². The van der Waals surface area contributed by atoms with E-state index in [0.717, 1.165) is 18.8 Å². The third kappa shape index (κ3) is 3.87. The Morgan fingerprint density at radius 1 is 1.10 bits per heavy atom. The minimum absolute atomic E-state index is 0.00575. The third-order valence-electron chi connectivity index (χ3n) is 4.88. The molecule has 20 heavy (non-hydrogen) atoms. The van der Waals surface area contributed by atoms with E-state index in [9.17, 15) is 9.59 Å². The summed E-state index contributed by atoms with van der Waals surface area (Å²) in [5, 5.41) is 12.1. The molecule has 0 aromatic rings. The molecule has 2 N–H and O–H groups in total. The van der Waals surface area contributed by atoms with Gasteiger partial charge in [-0.15, -0.1) is 0 Å². The normalized spacial score (nSPS) is 28.1. The van der Waals surface area contributed by atoms with Crippen molar-refractivity contribution in [3.8, 4) is 0 Å². The summed E-state index contributed by atoms with van der Waals surface area (Å²) in [5.74, 6) is -0.184. The van der Waals surface area contributed by atoms with Crippen molar-refractivity contribution in [1.29, 1.82) is 0 Å². The van der Waals surface area contributed by atoms with Crippen LogP contribution in [0.3, 0.4) is 0 Å². The zero-order valence-electron chi connectivity index (χ0n) is 12.3. The number of amides is 2. The molecule has 5 nitrogen and oxygen atoms in total. The number of nitrogens with one attached hydrogen (secondary N) is 1.